The zero-order valence-corrected chi connectivity index (χ0v) is 14.5. The van der Waals surface area contributed by atoms with E-state index >= 15 is 0 Å². The van der Waals surface area contributed by atoms with Crippen molar-refractivity contribution in [1.82, 2.24) is 0 Å². The van der Waals surface area contributed by atoms with Gasteiger partial charge in [-0.3, -0.25) is 9.59 Å². The molecule has 0 aliphatic carbocycles. The number of hydrogen-bond acceptors (Lipinski definition) is 4. The van der Waals surface area contributed by atoms with E-state index in [2.05, 4.69) is 6.92 Å². The minimum Gasteiger partial charge on any atom is -0.466 e. The molecular weight excluding hydrogens is 280 g/mol. The van der Waals surface area contributed by atoms with Crippen LogP contribution < -0.4 is 0 Å². The highest BCUT2D eigenvalue weighted by Gasteiger charge is 2.08. The van der Waals surface area contributed by atoms with Gasteiger partial charge >= 0.3 is 11.9 Å². The van der Waals surface area contributed by atoms with Crippen LogP contribution in [0.15, 0.2) is 0 Å². The number of carbonyl (C=O) groups is 2. The van der Waals surface area contributed by atoms with Crippen LogP contribution in [-0.2, 0) is 19.1 Å². The van der Waals surface area contributed by atoms with E-state index < -0.39 is 0 Å². The van der Waals surface area contributed by atoms with Crippen LogP contribution in [0.4, 0.5) is 0 Å². The molecule has 0 atom stereocenters. The van der Waals surface area contributed by atoms with Crippen LogP contribution >= 0.6 is 0 Å². The number of rotatable bonds is 15. The summed E-state index contributed by atoms with van der Waals surface area (Å²) in [6, 6.07) is 0. The Morgan fingerprint density at radius 3 is 1.59 bits per heavy atom. The van der Waals surface area contributed by atoms with Crippen LogP contribution in [0.1, 0.15) is 90.9 Å². The van der Waals surface area contributed by atoms with Gasteiger partial charge < -0.3 is 9.47 Å². The summed E-state index contributed by atoms with van der Waals surface area (Å²) in [6.07, 6.45) is 12.8. The highest BCUT2D eigenvalue weighted by Crippen LogP contribution is 2.10. The lowest BCUT2D eigenvalue weighted by Crippen LogP contribution is -2.10. The zero-order chi connectivity index (χ0) is 16.5. The topological polar surface area (TPSA) is 52.6 Å². The van der Waals surface area contributed by atoms with Crippen LogP contribution in [0.3, 0.4) is 0 Å². The molecule has 0 heterocycles. The van der Waals surface area contributed by atoms with Crippen molar-refractivity contribution in [3.63, 3.8) is 0 Å². The van der Waals surface area contributed by atoms with Gasteiger partial charge in [0.2, 0.25) is 0 Å². The highest BCUT2D eigenvalue weighted by atomic mass is 16.5. The van der Waals surface area contributed by atoms with Crippen LogP contribution in [0, 0.1) is 0 Å². The van der Waals surface area contributed by atoms with Crippen LogP contribution in [0.5, 0.6) is 0 Å². The van der Waals surface area contributed by atoms with Crippen LogP contribution in [-0.4, -0.2) is 25.2 Å². The second kappa shape index (κ2) is 16.3. The van der Waals surface area contributed by atoms with Crippen molar-refractivity contribution in [3.05, 3.63) is 0 Å². The van der Waals surface area contributed by atoms with Crippen molar-refractivity contribution in [2.75, 3.05) is 13.2 Å². The second-order valence-corrected chi connectivity index (χ2v) is 5.71. The Morgan fingerprint density at radius 1 is 0.636 bits per heavy atom. The maximum Gasteiger partial charge on any atom is 0.306 e. The Kier molecular flexibility index (Phi) is 15.5. The molecule has 0 fully saturated rings. The minimum absolute atomic E-state index is 0.116. The van der Waals surface area contributed by atoms with E-state index in [-0.39, 0.29) is 24.8 Å². The van der Waals surface area contributed by atoms with Crippen molar-refractivity contribution in [2.24, 2.45) is 0 Å². The number of carbonyl (C=O) groups excluding carboxylic acids is 2. The SMILES string of the molecule is CCCCCCCCCCCCOC(=O)CCC(=O)OCC. The molecule has 0 amide bonds. The fourth-order valence-corrected chi connectivity index (χ4v) is 2.28. The first-order valence-corrected chi connectivity index (χ1v) is 9.02. The maximum absolute atomic E-state index is 11.4. The summed E-state index contributed by atoms with van der Waals surface area (Å²) in [5.41, 5.74) is 0. The van der Waals surface area contributed by atoms with Crippen molar-refractivity contribution in [3.8, 4) is 0 Å². The molecule has 0 saturated carbocycles. The van der Waals surface area contributed by atoms with Gasteiger partial charge in [-0.25, -0.2) is 0 Å². The first-order valence-electron chi connectivity index (χ1n) is 9.02. The van der Waals surface area contributed by atoms with E-state index in [1.807, 2.05) is 0 Å². The molecule has 0 rings (SSSR count). The fraction of sp³-hybridized carbons (Fsp3) is 0.889. The average Bonchev–Trinajstić information content (AvgIpc) is 2.51. The van der Waals surface area contributed by atoms with E-state index in [0.717, 1.165) is 12.8 Å². The quantitative estimate of drug-likeness (QED) is 0.322. The Hall–Kier alpha value is -1.06. The van der Waals surface area contributed by atoms with Gasteiger partial charge in [-0.2, -0.15) is 0 Å². The molecule has 0 aromatic heterocycles. The predicted molar refractivity (Wildman–Crippen MR) is 88.7 cm³/mol. The van der Waals surface area contributed by atoms with E-state index in [1.54, 1.807) is 6.92 Å². The van der Waals surface area contributed by atoms with Gasteiger partial charge in [0.05, 0.1) is 26.1 Å². The Bertz CT molecular complexity index is 276. The van der Waals surface area contributed by atoms with Gasteiger partial charge in [0.1, 0.15) is 0 Å². The van der Waals surface area contributed by atoms with Crippen molar-refractivity contribution >= 4 is 11.9 Å². The summed E-state index contributed by atoms with van der Waals surface area (Å²) >= 11 is 0. The second-order valence-electron chi connectivity index (χ2n) is 5.71. The van der Waals surface area contributed by atoms with Crippen LogP contribution in [0.2, 0.25) is 0 Å². The third-order valence-electron chi connectivity index (χ3n) is 3.60. The number of esters is 2. The summed E-state index contributed by atoms with van der Waals surface area (Å²) in [6.45, 7) is 4.82. The van der Waals surface area contributed by atoms with Gasteiger partial charge in [0.25, 0.3) is 0 Å². The van der Waals surface area contributed by atoms with Gasteiger partial charge in [-0.05, 0) is 13.3 Å². The Balaban J connectivity index is 3.22. The maximum atomic E-state index is 11.4. The molecular formula is C18H34O4. The molecule has 4 nitrogen and oxygen atoms in total. The molecule has 130 valence electrons. The monoisotopic (exact) mass is 314 g/mol. The zero-order valence-electron chi connectivity index (χ0n) is 14.5. The Labute approximate surface area is 135 Å². The van der Waals surface area contributed by atoms with Crippen molar-refractivity contribution in [2.45, 2.75) is 90.9 Å². The summed E-state index contributed by atoms with van der Waals surface area (Å²) in [5.74, 6) is -0.637. The van der Waals surface area contributed by atoms with E-state index in [0.29, 0.717) is 13.2 Å². The first-order chi connectivity index (χ1) is 10.7. The smallest absolute Gasteiger partial charge is 0.306 e. The lowest BCUT2D eigenvalue weighted by molar-refractivity contribution is -0.150. The number of hydrogen-bond donors (Lipinski definition) is 0. The largest absolute Gasteiger partial charge is 0.466 e. The van der Waals surface area contributed by atoms with Gasteiger partial charge in [-0.15, -0.1) is 0 Å². The molecule has 22 heavy (non-hydrogen) atoms. The highest BCUT2D eigenvalue weighted by molar-refractivity contribution is 5.77. The van der Waals surface area contributed by atoms with E-state index in [1.165, 1.54) is 51.4 Å². The molecule has 0 aromatic rings. The number of unbranched alkanes of at least 4 members (excludes halogenated alkanes) is 9. The molecule has 4 heteroatoms. The molecule has 0 aliphatic heterocycles. The molecule has 0 aliphatic rings. The van der Waals surface area contributed by atoms with Crippen LogP contribution in [0.25, 0.3) is 0 Å². The van der Waals surface area contributed by atoms with Crippen molar-refractivity contribution < 1.29 is 19.1 Å². The van der Waals surface area contributed by atoms with E-state index in [9.17, 15) is 9.59 Å². The first kappa shape index (κ1) is 20.9. The van der Waals surface area contributed by atoms with Gasteiger partial charge in [0, 0.05) is 0 Å². The molecule has 0 unspecified atom stereocenters. The van der Waals surface area contributed by atoms with Gasteiger partial charge in [-0.1, -0.05) is 64.7 Å². The summed E-state index contributed by atoms with van der Waals surface area (Å²) < 4.78 is 9.85. The summed E-state index contributed by atoms with van der Waals surface area (Å²) in [4.78, 5) is 22.5. The fourth-order valence-electron chi connectivity index (χ4n) is 2.28. The summed E-state index contributed by atoms with van der Waals surface area (Å²) in [5, 5.41) is 0. The Morgan fingerprint density at radius 2 is 1.09 bits per heavy atom. The van der Waals surface area contributed by atoms with Crippen molar-refractivity contribution in [1.29, 1.82) is 0 Å². The average molecular weight is 314 g/mol. The molecule has 0 radical (unpaired) electrons. The lowest BCUT2D eigenvalue weighted by Gasteiger charge is -2.05. The van der Waals surface area contributed by atoms with E-state index in [4.69, 9.17) is 9.47 Å². The third kappa shape index (κ3) is 15.3. The molecule has 0 spiro atoms. The molecule has 0 saturated heterocycles. The third-order valence-corrected chi connectivity index (χ3v) is 3.60. The molecule has 0 bridgehead atoms. The minimum atomic E-state index is -0.335. The predicted octanol–water partition coefficient (Wildman–Crippen LogP) is 4.79. The molecule has 0 N–H and O–H groups in total. The standard InChI is InChI=1S/C18H34O4/c1-3-5-6-7-8-9-10-11-12-13-16-22-18(20)15-14-17(19)21-4-2/h3-16H2,1-2H3. The number of ether oxygens (including phenoxy) is 2. The normalized spacial score (nSPS) is 10.5. The lowest BCUT2D eigenvalue weighted by atomic mass is 10.1. The van der Waals surface area contributed by atoms with Gasteiger partial charge in [0.15, 0.2) is 0 Å². The summed E-state index contributed by atoms with van der Waals surface area (Å²) in [7, 11) is 0. The molecule has 0 aromatic carbocycles.